The number of amides is 2. The number of anilines is 1. The summed E-state index contributed by atoms with van der Waals surface area (Å²) in [5, 5.41) is 7.09. The number of aromatic nitrogens is 2. The fourth-order valence-corrected chi connectivity index (χ4v) is 3.61. The highest BCUT2D eigenvalue weighted by molar-refractivity contribution is 7.84. The summed E-state index contributed by atoms with van der Waals surface area (Å²) < 4.78 is 13.3. The Balaban J connectivity index is 1.56. The van der Waals surface area contributed by atoms with Crippen molar-refractivity contribution in [2.75, 3.05) is 24.7 Å². The predicted molar refractivity (Wildman–Crippen MR) is 94.4 cm³/mol. The van der Waals surface area contributed by atoms with Gasteiger partial charge in [0.05, 0.1) is 6.20 Å². The molecule has 2 amide bonds. The number of rotatable bonds is 4. The molecule has 0 bridgehead atoms. The summed E-state index contributed by atoms with van der Waals surface area (Å²) in [6.07, 6.45) is 7.49. The molecule has 1 N–H and O–H groups in total. The van der Waals surface area contributed by atoms with Crippen LogP contribution in [0.3, 0.4) is 0 Å². The number of carbonyl (C=O) groups excluding carboxylic acids is 1. The fourth-order valence-electron chi connectivity index (χ4n) is 3.05. The molecule has 2 heterocycles. The highest BCUT2D eigenvalue weighted by Crippen LogP contribution is 2.22. The van der Waals surface area contributed by atoms with Gasteiger partial charge in [-0.1, -0.05) is 6.07 Å². The van der Waals surface area contributed by atoms with E-state index in [0.717, 1.165) is 25.9 Å². The third-order valence-electron chi connectivity index (χ3n) is 4.27. The van der Waals surface area contributed by atoms with Gasteiger partial charge in [-0.3, -0.25) is 8.89 Å². The average molecular weight is 346 g/mol. The van der Waals surface area contributed by atoms with E-state index in [-0.39, 0.29) is 6.03 Å². The lowest BCUT2D eigenvalue weighted by molar-refractivity contribution is 0.221. The van der Waals surface area contributed by atoms with E-state index >= 15 is 0 Å². The van der Waals surface area contributed by atoms with Crippen LogP contribution in [0.25, 0.3) is 0 Å². The van der Waals surface area contributed by atoms with E-state index in [0.29, 0.717) is 16.5 Å². The number of nitrogens with zero attached hydrogens (tertiary/aromatic N) is 3. The zero-order valence-corrected chi connectivity index (χ0v) is 14.8. The summed E-state index contributed by atoms with van der Waals surface area (Å²) in [6, 6.07) is 7.09. The highest BCUT2D eigenvalue weighted by atomic mass is 32.2. The topological polar surface area (TPSA) is 67.2 Å². The molecule has 0 saturated carbocycles. The van der Waals surface area contributed by atoms with E-state index in [1.165, 1.54) is 5.56 Å². The van der Waals surface area contributed by atoms with Crippen molar-refractivity contribution in [3.63, 3.8) is 0 Å². The van der Waals surface area contributed by atoms with Gasteiger partial charge >= 0.3 is 6.03 Å². The van der Waals surface area contributed by atoms with Crippen molar-refractivity contribution in [3.05, 3.63) is 42.2 Å². The summed E-state index contributed by atoms with van der Waals surface area (Å²) in [7, 11) is 0.857. The Hall–Kier alpha value is -2.15. The predicted octanol–water partition coefficient (Wildman–Crippen LogP) is 2.25. The lowest BCUT2D eigenvalue weighted by Gasteiger charge is -2.17. The lowest BCUT2D eigenvalue weighted by Crippen LogP contribution is -2.33. The average Bonchev–Trinajstić information content (AvgIpc) is 3.17. The van der Waals surface area contributed by atoms with E-state index in [4.69, 9.17) is 0 Å². The molecule has 1 aliphatic heterocycles. The van der Waals surface area contributed by atoms with E-state index in [9.17, 15) is 9.00 Å². The molecule has 1 aromatic carbocycles. The van der Waals surface area contributed by atoms with Crippen LogP contribution < -0.4 is 5.32 Å². The molecule has 0 spiro atoms. The molecule has 1 saturated heterocycles. The van der Waals surface area contributed by atoms with Crippen molar-refractivity contribution in [2.45, 2.75) is 17.7 Å². The summed E-state index contributed by atoms with van der Waals surface area (Å²) in [6.45, 7) is 1.51. The fraction of sp³-hybridized carbons (Fsp3) is 0.412. The molecular formula is C17H22N4O2S. The molecule has 3 rings (SSSR count). The van der Waals surface area contributed by atoms with Crippen molar-refractivity contribution in [2.24, 2.45) is 13.0 Å². The second-order valence-corrected chi connectivity index (χ2v) is 7.62. The minimum Gasteiger partial charge on any atom is -0.324 e. The number of hydrogen-bond acceptors (Lipinski definition) is 3. The first kappa shape index (κ1) is 16.7. The third kappa shape index (κ3) is 4.03. The summed E-state index contributed by atoms with van der Waals surface area (Å²) in [4.78, 5) is 15.0. The monoisotopic (exact) mass is 346 g/mol. The zero-order valence-electron chi connectivity index (χ0n) is 13.9. The molecule has 1 aromatic heterocycles. The lowest BCUT2D eigenvalue weighted by atomic mass is 10.0. The first-order chi connectivity index (χ1) is 11.5. The van der Waals surface area contributed by atoms with Crippen molar-refractivity contribution in [3.8, 4) is 0 Å². The standard InChI is InChI=1S/C17H22N4O2S/c1-20-11-14(10-18-20)8-13-6-7-21(12-13)17(22)19-15-4-3-5-16(9-15)24(2)23/h3-5,9-11,13H,6-8,12H2,1-2H3,(H,19,22). The van der Waals surface area contributed by atoms with E-state index in [1.807, 2.05) is 36.5 Å². The summed E-state index contributed by atoms with van der Waals surface area (Å²) in [5.74, 6) is 0.467. The molecule has 1 aliphatic rings. The van der Waals surface area contributed by atoms with Crippen LogP contribution >= 0.6 is 0 Å². The van der Waals surface area contributed by atoms with Gasteiger partial charge < -0.3 is 10.2 Å². The number of benzene rings is 1. The number of urea groups is 1. The maximum absolute atomic E-state index is 12.4. The Labute approximate surface area is 144 Å². The Kier molecular flexibility index (Phi) is 4.99. The second kappa shape index (κ2) is 7.17. The number of hydrogen-bond donors (Lipinski definition) is 1. The highest BCUT2D eigenvalue weighted by Gasteiger charge is 2.26. The summed E-state index contributed by atoms with van der Waals surface area (Å²) >= 11 is 0. The molecule has 6 nitrogen and oxygen atoms in total. The molecule has 2 atom stereocenters. The number of nitrogens with one attached hydrogen (secondary N) is 1. The van der Waals surface area contributed by atoms with Crippen LogP contribution in [0.5, 0.6) is 0 Å². The third-order valence-corrected chi connectivity index (χ3v) is 5.19. The summed E-state index contributed by atoms with van der Waals surface area (Å²) in [5.41, 5.74) is 1.89. The maximum Gasteiger partial charge on any atom is 0.321 e. The van der Waals surface area contributed by atoms with Gasteiger partial charge in [0.1, 0.15) is 0 Å². The van der Waals surface area contributed by atoms with Crippen molar-refractivity contribution >= 4 is 22.5 Å². The van der Waals surface area contributed by atoms with E-state index in [1.54, 1.807) is 23.1 Å². The van der Waals surface area contributed by atoms with Crippen LogP contribution in [-0.2, 0) is 24.3 Å². The molecule has 2 unspecified atom stereocenters. The minimum absolute atomic E-state index is 0.0947. The first-order valence-electron chi connectivity index (χ1n) is 7.98. The van der Waals surface area contributed by atoms with Gasteiger partial charge in [0, 0.05) is 54.0 Å². The van der Waals surface area contributed by atoms with E-state index in [2.05, 4.69) is 10.4 Å². The van der Waals surface area contributed by atoms with Gasteiger partial charge in [-0.15, -0.1) is 0 Å². The Bertz CT molecular complexity index is 759. The largest absolute Gasteiger partial charge is 0.324 e. The van der Waals surface area contributed by atoms with Crippen molar-refractivity contribution < 1.29 is 9.00 Å². The van der Waals surface area contributed by atoms with Crippen LogP contribution in [0.4, 0.5) is 10.5 Å². The minimum atomic E-state index is -1.06. The number of aryl methyl sites for hydroxylation is 1. The van der Waals surface area contributed by atoms with Crippen molar-refractivity contribution in [1.29, 1.82) is 0 Å². The molecule has 24 heavy (non-hydrogen) atoms. The second-order valence-electron chi connectivity index (χ2n) is 6.24. The van der Waals surface area contributed by atoms with Gasteiger partial charge in [-0.05, 0) is 42.5 Å². The molecule has 1 fully saturated rings. The van der Waals surface area contributed by atoms with Crippen LogP contribution in [0.2, 0.25) is 0 Å². The van der Waals surface area contributed by atoms with Gasteiger partial charge in [-0.2, -0.15) is 5.10 Å². The molecule has 2 aromatic rings. The Morgan fingerprint density at radius 1 is 1.46 bits per heavy atom. The van der Waals surface area contributed by atoms with Crippen LogP contribution in [-0.4, -0.2) is 44.3 Å². The van der Waals surface area contributed by atoms with Gasteiger partial charge in [-0.25, -0.2) is 4.79 Å². The van der Waals surface area contributed by atoms with Gasteiger partial charge in [0.2, 0.25) is 0 Å². The Morgan fingerprint density at radius 2 is 2.29 bits per heavy atom. The van der Waals surface area contributed by atoms with E-state index < -0.39 is 10.8 Å². The maximum atomic E-state index is 12.4. The molecule has 128 valence electrons. The Morgan fingerprint density at radius 3 is 3.00 bits per heavy atom. The van der Waals surface area contributed by atoms with Crippen LogP contribution in [0, 0.1) is 5.92 Å². The smallest absolute Gasteiger partial charge is 0.321 e. The molecule has 0 radical (unpaired) electrons. The van der Waals surface area contributed by atoms with Crippen LogP contribution in [0.15, 0.2) is 41.6 Å². The quantitative estimate of drug-likeness (QED) is 0.923. The van der Waals surface area contributed by atoms with Gasteiger partial charge in [0.15, 0.2) is 0 Å². The molecular weight excluding hydrogens is 324 g/mol. The SMILES string of the molecule is Cn1cc(CC2CCN(C(=O)Nc3cccc(S(C)=O)c3)C2)cn1. The zero-order chi connectivity index (χ0) is 17.1. The van der Waals surface area contributed by atoms with Crippen LogP contribution in [0.1, 0.15) is 12.0 Å². The molecule has 0 aliphatic carbocycles. The van der Waals surface area contributed by atoms with Gasteiger partial charge in [0.25, 0.3) is 0 Å². The normalized spacial score (nSPS) is 18.6. The number of carbonyl (C=O) groups is 1. The number of likely N-dealkylation sites (tertiary alicyclic amines) is 1. The molecule has 7 heteroatoms. The first-order valence-corrected chi connectivity index (χ1v) is 9.54. The van der Waals surface area contributed by atoms with Crippen molar-refractivity contribution in [1.82, 2.24) is 14.7 Å².